The molecular formula is C27H23ClN2O7S. The summed E-state index contributed by atoms with van der Waals surface area (Å²) >= 11 is 6.22. The van der Waals surface area contributed by atoms with Crippen LogP contribution in [0, 0.1) is 0 Å². The summed E-state index contributed by atoms with van der Waals surface area (Å²) < 4.78 is 45.2. The number of carbonyl (C=O) groups excluding carboxylic acids is 2. The van der Waals surface area contributed by atoms with E-state index in [1.165, 1.54) is 12.1 Å². The molecule has 9 nitrogen and oxygen atoms in total. The molecule has 0 saturated carbocycles. The molecule has 4 aromatic rings. The maximum atomic E-state index is 13.3. The Balaban J connectivity index is 1.31. The van der Waals surface area contributed by atoms with E-state index in [-0.39, 0.29) is 21.2 Å². The number of halogens is 1. The molecule has 0 bridgehead atoms. The van der Waals surface area contributed by atoms with E-state index in [1.54, 1.807) is 36.4 Å². The molecule has 3 aromatic carbocycles. The van der Waals surface area contributed by atoms with Gasteiger partial charge in [-0.15, -0.1) is 0 Å². The second-order valence-electron chi connectivity index (χ2n) is 8.52. The Morgan fingerprint density at radius 3 is 2.50 bits per heavy atom. The number of sulfonamides is 1. The summed E-state index contributed by atoms with van der Waals surface area (Å²) in [6, 6.07) is 19.4. The Hall–Kier alpha value is -3.86. The number of esters is 1. The highest BCUT2D eigenvalue weighted by atomic mass is 35.5. The fourth-order valence-electron chi connectivity index (χ4n) is 4.08. The van der Waals surface area contributed by atoms with Crippen LogP contribution in [-0.2, 0) is 19.5 Å². The molecule has 11 heteroatoms. The number of anilines is 2. The van der Waals surface area contributed by atoms with Crippen LogP contribution >= 0.6 is 11.6 Å². The summed E-state index contributed by atoms with van der Waals surface area (Å²) in [5.41, 5.74) is 1.54. The van der Waals surface area contributed by atoms with E-state index in [2.05, 4.69) is 4.72 Å². The van der Waals surface area contributed by atoms with Gasteiger partial charge in [-0.3, -0.25) is 9.52 Å². The Morgan fingerprint density at radius 2 is 1.71 bits per heavy atom. The maximum Gasteiger partial charge on any atom is 0.338 e. The number of morpholine rings is 1. The normalized spacial score (nSPS) is 13.9. The van der Waals surface area contributed by atoms with Crippen molar-refractivity contribution in [1.29, 1.82) is 0 Å². The number of para-hydroxylation sites is 3. The number of Topliss-reactive ketones (excluding diaryl/α,β-unsaturated/α-hetero) is 1. The largest absolute Gasteiger partial charge is 0.454 e. The van der Waals surface area contributed by atoms with Crippen LogP contribution < -0.4 is 9.62 Å². The summed E-state index contributed by atoms with van der Waals surface area (Å²) in [4.78, 5) is 26.9. The second kappa shape index (κ2) is 10.9. The lowest BCUT2D eigenvalue weighted by molar-refractivity contribution is 0.0468. The number of nitrogens with zero attached hydrogens (tertiary/aromatic N) is 1. The predicted molar refractivity (Wildman–Crippen MR) is 143 cm³/mol. The number of furan rings is 1. The van der Waals surface area contributed by atoms with Crippen LogP contribution in [-0.4, -0.2) is 53.1 Å². The van der Waals surface area contributed by atoms with Gasteiger partial charge in [-0.05, 0) is 42.5 Å². The topological polar surface area (TPSA) is 115 Å². The minimum Gasteiger partial charge on any atom is -0.454 e. The molecule has 1 N–H and O–H groups in total. The number of nitrogens with one attached hydrogen (secondary N) is 1. The number of carbonyl (C=O) groups is 2. The molecule has 2 heterocycles. The molecule has 0 atom stereocenters. The molecule has 0 spiro atoms. The van der Waals surface area contributed by atoms with Crippen LogP contribution in [0.1, 0.15) is 20.9 Å². The van der Waals surface area contributed by atoms with Gasteiger partial charge in [-0.2, -0.15) is 0 Å². The first-order valence-corrected chi connectivity index (χ1v) is 13.6. The molecule has 1 fully saturated rings. The van der Waals surface area contributed by atoms with Crippen molar-refractivity contribution in [3.63, 3.8) is 0 Å². The van der Waals surface area contributed by atoms with Crippen molar-refractivity contribution >= 4 is 55.7 Å². The van der Waals surface area contributed by atoms with E-state index in [4.69, 9.17) is 25.5 Å². The lowest BCUT2D eigenvalue weighted by atomic mass is 10.2. The second-order valence-corrected chi connectivity index (χ2v) is 10.6. The smallest absolute Gasteiger partial charge is 0.338 e. The molecule has 196 valence electrons. The minimum absolute atomic E-state index is 0.0570. The number of hydrogen-bond donors (Lipinski definition) is 1. The average Bonchev–Trinajstić information content (AvgIpc) is 3.37. The van der Waals surface area contributed by atoms with E-state index in [0.29, 0.717) is 43.3 Å². The number of benzene rings is 3. The van der Waals surface area contributed by atoms with Crippen LogP contribution in [0.2, 0.25) is 5.02 Å². The van der Waals surface area contributed by atoms with Gasteiger partial charge in [-0.25, -0.2) is 13.2 Å². The lowest BCUT2D eigenvalue weighted by Gasteiger charge is -2.30. The van der Waals surface area contributed by atoms with Crippen LogP contribution in [0.25, 0.3) is 11.0 Å². The molecule has 0 aliphatic carbocycles. The fraction of sp³-hybridized carbons (Fsp3) is 0.185. The first-order valence-electron chi connectivity index (χ1n) is 11.7. The van der Waals surface area contributed by atoms with Crippen molar-refractivity contribution in [2.45, 2.75) is 4.90 Å². The van der Waals surface area contributed by atoms with E-state index >= 15 is 0 Å². The lowest BCUT2D eigenvalue weighted by Crippen LogP contribution is -2.36. The molecule has 1 aromatic heterocycles. The summed E-state index contributed by atoms with van der Waals surface area (Å²) in [5, 5.41) is 0.675. The molecule has 5 rings (SSSR count). The molecule has 38 heavy (non-hydrogen) atoms. The van der Waals surface area contributed by atoms with Crippen molar-refractivity contribution in [3.8, 4) is 0 Å². The van der Waals surface area contributed by atoms with Crippen molar-refractivity contribution < 1.29 is 31.9 Å². The highest BCUT2D eigenvalue weighted by Gasteiger charge is 2.24. The van der Waals surface area contributed by atoms with Crippen LogP contribution in [0.5, 0.6) is 0 Å². The number of hydrogen-bond acceptors (Lipinski definition) is 8. The molecule has 1 aliphatic rings. The summed E-state index contributed by atoms with van der Waals surface area (Å²) in [7, 11) is -4.18. The van der Waals surface area contributed by atoms with Gasteiger partial charge in [0.1, 0.15) is 10.5 Å². The third-order valence-corrected chi connectivity index (χ3v) is 7.84. The Labute approximate surface area is 223 Å². The van der Waals surface area contributed by atoms with Crippen molar-refractivity contribution in [2.24, 2.45) is 0 Å². The van der Waals surface area contributed by atoms with E-state index in [1.807, 2.05) is 23.1 Å². The Kier molecular flexibility index (Phi) is 7.37. The maximum absolute atomic E-state index is 13.3. The fourth-order valence-corrected chi connectivity index (χ4v) is 5.68. The molecular weight excluding hydrogens is 532 g/mol. The summed E-state index contributed by atoms with van der Waals surface area (Å²) in [6.07, 6.45) is 0. The first-order chi connectivity index (χ1) is 18.3. The van der Waals surface area contributed by atoms with Gasteiger partial charge in [0, 0.05) is 18.5 Å². The third-order valence-electron chi connectivity index (χ3n) is 5.99. The molecule has 1 aliphatic heterocycles. The van der Waals surface area contributed by atoms with Crippen LogP contribution in [0.15, 0.2) is 82.1 Å². The standard InChI is InChI=1S/C27H23ClN2O7S/c28-20-10-9-19(27(32)36-17-23(31)25-15-18-5-1-4-8-24(18)37-25)16-26(20)38(33,34)29-21-6-2-3-7-22(21)30-11-13-35-14-12-30/h1-10,15-16,29H,11-14,17H2. The number of rotatable bonds is 8. The average molecular weight is 555 g/mol. The highest BCUT2D eigenvalue weighted by Crippen LogP contribution is 2.31. The molecule has 1 saturated heterocycles. The Morgan fingerprint density at radius 1 is 0.974 bits per heavy atom. The monoisotopic (exact) mass is 554 g/mol. The first kappa shape index (κ1) is 25.8. The van der Waals surface area contributed by atoms with Crippen molar-refractivity contribution in [2.75, 3.05) is 42.5 Å². The highest BCUT2D eigenvalue weighted by molar-refractivity contribution is 7.92. The zero-order valence-corrected chi connectivity index (χ0v) is 21.6. The van der Waals surface area contributed by atoms with Gasteiger partial charge < -0.3 is 18.8 Å². The van der Waals surface area contributed by atoms with Crippen LogP contribution in [0.3, 0.4) is 0 Å². The number of ether oxygens (including phenoxy) is 2. The van der Waals surface area contributed by atoms with E-state index in [0.717, 1.165) is 11.5 Å². The number of ketones is 1. The van der Waals surface area contributed by atoms with Gasteiger partial charge in [0.25, 0.3) is 10.0 Å². The number of fused-ring (bicyclic) bond motifs is 1. The van der Waals surface area contributed by atoms with Crippen LogP contribution in [0.4, 0.5) is 11.4 Å². The molecule has 0 radical (unpaired) electrons. The van der Waals surface area contributed by atoms with Gasteiger partial charge in [0.15, 0.2) is 12.4 Å². The third kappa shape index (κ3) is 5.52. The van der Waals surface area contributed by atoms with Gasteiger partial charge >= 0.3 is 5.97 Å². The predicted octanol–water partition coefficient (Wildman–Crippen LogP) is 4.76. The van der Waals surface area contributed by atoms with Gasteiger partial charge in [0.2, 0.25) is 5.78 Å². The summed E-state index contributed by atoms with van der Waals surface area (Å²) in [5.74, 6) is -1.35. The quantitative estimate of drug-likeness (QED) is 0.245. The van der Waals surface area contributed by atoms with Crippen molar-refractivity contribution in [1.82, 2.24) is 0 Å². The van der Waals surface area contributed by atoms with Gasteiger partial charge in [-0.1, -0.05) is 41.9 Å². The molecule has 0 amide bonds. The van der Waals surface area contributed by atoms with E-state index in [9.17, 15) is 18.0 Å². The zero-order valence-electron chi connectivity index (χ0n) is 20.1. The van der Waals surface area contributed by atoms with Gasteiger partial charge in [0.05, 0.1) is 35.2 Å². The molecule has 0 unspecified atom stereocenters. The van der Waals surface area contributed by atoms with Crippen molar-refractivity contribution in [3.05, 3.63) is 89.1 Å². The summed E-state index contributed by atoms with van der Waals surface area (Å²) in [6.45, 7) is 1.74. The Bertz CT molecular complexity index is 1580. The van der Waals surface area contributed by atoms with E-state index < -0.39 is 28.4 Å². The SMILES string of the molecule is O=C(OCC(=O)c1cc2ccccc2o1)c1ccc(Cl)c(S(=O)(=O)Nc2ccccc2N2CCOCC2)c1. The zero-order chi connectivity index (χ0) is 26.7. The minimum atomic E-state index is -4.18.